The van der Waals surface area contributed by atoms with Crippen molar-refractivity contribution in [3.63, 3.8) is 0 Å². The van der Waals surface area contributed by atoms with Crippen molar-refractivity contribution in [1.29, 1.82) is 0 Å². The highest BCUT2D eigenvalue weighted by molar-refractivity contribution is 5.93. The smallest absolute Gasteiger partial charge is 0.409 e. The van der Waals surface area contributed by atoms with Crippen LogP contribution in [0.15, 0.2) is 12.4 Å². The number of hydrogen-bond donors (Lipinski definition) is 1. The fourth-order valence-electron chi connectivity index (χ4n) is 2.44. The number of nitrogens with zero attached hydrogens (tertiary/aromatic N) is 4. The SMILES string of the molecule is CCOC(=O)N1CCN(C(=O)c2cnc(NCCCOC)nc2)CC1. The molecule has 1 saturated heterocycles. The minimum atomic E-state index is -0.332. The predicted molar refractivity (Wildman–Crippen MR) is 91.5 cm³/mol. The van der Waals surface area contributed by atoms with Crippen molar-refractivity contribution >= 4 is 17.9 Å². The lowest BCUT2D eigenvalue weighted by molar-refractivity contribution is 0.0570. The molecule has 9 heteroatoms. The van der Waals surface area contributed by atoms with Crippen LogP contribution < -0.4 is 5.32 Å². The summed E-state index contributed by atoms with van der Waals surface area (Å²) in [5.74, 6) is 0.356. The van der Waals surface area contributed by atoms with E-state index < -0.39 is 0 Å². The van der Waals surface area contributed by atoms with E-state index in [9.17, 15) is 9.59 Å². The maximum atomic E-state index is 12.5. The standard InChI is InChI=1S/C16H25N5O4/c1-3-25-16(23)21-8-6-20(7-9-21)14(22)13-11-18-15(19-12-13)17-5-4-10-24-2/h11-12H,3-10H2,1-2H3,(H,17,18,19). The maximum Gasteiger partial charge on any atom is 0.409 e. The normalized spacial score (nSPS) is 14.3. The van der Waals surface area contributed by atoms with Gasteiger partial charge in [-0.25, -0.2) is 14.8 Å². The molecular weight excluding hydrogens is 326 g/mol. The number of methoxy groups -OCH3 is 1. The minimum Gasteiger partial charge on any atom is -0.450 e. The van der Waals surface area contributed by atoms with Gasteiger partial charge in [-0.2, -0.15) is 0 Å². The second-order valence-corrected chi connectivity index (χ2v) is 5.55. The van der Waals surface area contributed by atoms with E-state index in [0.29, 0.717) is 57.4 Å². The third-order valence-corrected chi connectivity index (χ3v) is 3.80. The first kappa shape index (κ1) is 18.9. The van der Waals surface area contributed by atoms with Crippen molar-refractivity contribution in [3.8, 4) is 0 Å². The predicted octanol–water partition coefficient (Wildman–Crippen LogP) is 0.839. The van der Waals surface area contributed by atoms with Crippen LogP contribution in [0.2, 0.25) is 0 Å². The molecule has 9 nitrogen and oxygen atoms in total. The zero-order valence-corrected chi connectivity index (χ0v) is 14.7. The van der Waals surface area contributed by atoms with Crippen LogP contribution in [0.3, 0.4) is 0 Å². The first-order valence-corrected chi connectivity index (χ1v) is 8.41. The number of rotatable bonds is 7. The van der Waals surface area contributed by atoms with Crippen molar-refractivity contribution in [2.24, 2.45) is 0 Å². The van der Waals surface area contributed by atoms with E-state index in [2.05, 4.69) is 15.3 Å². The van der Waals surface area contributed by atoms with Crippen LogP contribution in [0.4, 0.5) is 10.7 Å². The second kappa shape index (κ2) is 9.77. The Morgan fingerprint density at radius 1 is 1.16 bits per heavy atom. The largest absolute Gasteiger partial charge is 0.450 e. The molecule has 0 bridgehead atoms. The third kappa shape index (κ3) is 5.56. The highest BCUT2D eigenvalue weighted by Gasteiger charge is 2.25. The maximum absolute atomic E-state index is 12.5. The molecule has 0 aliphatic carbocycles. The molecule has 2 heterocycles. The van der Waals surface area contributed by atoms with E-state index in [1.54, 1.807) is 23.8 Å². The van der Waals surface area contributed by atoms with Crippen molar-refractivity contribution < 1.29 is 19.1 Å². The fraction of sp³-hybridized carbons (Fsp3) is 0.625. The first-order valence-electron chi connectivity index (χ1n) is 8.41. The van der Waals surface area contributed by atoms with Crippen molar-refractivity contribution in [2.45, 2.75) is 13.3 Å². The molecule has 2 amide bonds. The quantitative estimate of drug-likeness (QED) is 0.727. The zero-order valence-electron chi connectivity index (χ0n) is 14.7. The van der Waals surface area contributed by atoms with E-state index in [-0.39, 0.29) is 12.0 Å². The Morgan fingerprint density at radius 3 is 2.40 bits per heavy atom. The zero-order chi connectivity index (χ0) is 18.1. The molecule has 1 aliphatic rings. The Hall–Kier alpha value is -2.42. The average molecular weight is 351 g/mol. The van der Waals surface area contributed by atoms with Crippen LogP contribution in [-0.2, 0) is 9.47 Å². The lowest BCUT2D eigenvalue weighted by atomic mass is 10.2. The summed E-state index contributed by atoms with van der Waals surface area (Å²) in [4.78, 5) is 35.8. The molecule has 1 aromatic rings. The van der Waals surface area contributed by atoms with E-state index >= 15 is 0 Å². The summed E-state index contributed by atoms with van der Waals surface area (Å²) in [5, 5.41) is 3.07. The van der Waals surface area contributed by atoms with Crippen LogP contribution in [-0.4, -0.2) is 84.8 Å². The number of amides is 2. The Kier molecular flexibility index (Phi) is 7.39. The molecule has 1 aromatic heterocycles. The van der Waals surface area contributed by atoms with Crippen molar-refractivity contribution in [3.05, 3.63) is 18.0 Å². The molecule has 1 N–H and O–H groups in total. The summed E-state index contributed by atoms with van der Waals surface area (Å²) in [7, 11) is 1.66. The summed E-state index contributed by atoms with van der Waals surface area (Å²) in [6, 6.07) is 0. The van der Waals surface area contributed by atoms with Gasteiger partial charge >= 0.3 is 6.09 Å². The molecule has 0 aromatic carbocycles. The Labute approximate surface area is 147 Å². The van der Waals surface area contributed by atoms with Crippen LogP contribution >= 0.6 is 0 Å². The van der Waals surface area contributed by atoms with Gasteiger partial charge in [-0.3, -0.25) is 4.79 Å². The molecule has 0 unspecified atom stereocenters. The number of hydrogen-bond acceptors (Lipinski definition) is 7. The van der Waals surface area contributed by atoms with Gasteiger partial charge < -0.3 is 24.6 Å². The van der Waals surface area contributed by atoms with Gasteiger partial charge in [0, 0.05) is 58.8 Å². The van der Waals surface area contributed by atoms with E-state index in [1.165, 1.54) is 12.4 Å². The fourth-order valence-corrected chi connectivity index (χ4v) is 2.44. The van der Waals surface area contributed by atoms with Crippen molar-refractivity contribution in [2.75, 3.05) is 58.4 Å². The monoisotopic (exact) mass is 351 g/mol. The number of nitrogens with one attached hydrogen (secondary N) is 1. The Bertz CT molecular complexity index is 558. The molecular formula is C16H25N5O4. The third-order valence-electron chi connectivity index (χ3n) is 3.80. The number of piperazine rings is 1. The van der Waals surface area contributed by atoms with Gasteiger partial charge in [0.25, 0.3) is 5.91 Å². The summed E-state index contributed by atoms with van der Waals surface area (Å²) in [6.45, 7) is 5.35. The number of carbonyl (C=O) groups excluding carboxylic acids is 2. The van der Waals surface area contributed by atoms with Gasteiger partial charge in [-0.05, 0) is 13.3 Å². The molecule has 25 heavy (non-hydrogen) atoms. The van der Waals surface area contributed by atoms with Crippen LogP contribution in [0.5, 0.6) is 0 Å². The number of anilines is 1. The number of aromatic nitrogens is 2. The summed E-state index contributed by atoms with van der Waals surface area (Å²) in [6.07, 6.45) is 3.56. The second-order valence-electron chi connectivity index (χ2n) is 5.55. The Balaban J connectivity index is 1.82. The number of ether oxygens (including phenoxy) is 2. The van der Waals surface area contributed by atoms with Crippen LogP contribution in [0.1, 0.15) is 23.7 Å². The topological polar surface area (TPSA) is 96.9 Å². The summed E-state index contributed by atoms with van der Waals surface area (Å²) in [5.41, 5.74) is 0.437. The van der Waals surface area contributed by atoms with Crippen molar-refractivity contribution in [1.82, 2.24) is 19.8 Å². The van der Waals surface area contributed by atoms with E-state index in [1.807, 2.05) is 0 Å². The lowest BCUT2D eigenvalue weighted by Gasteiger charge is -2.33. The van der Waals surface area contributed by atoms with E-state index in [0.717, 1.165) is 6.42 Å². The Morgan fingerprint density at radius 2 is 1.80 bits per heavy atom. The summed E-state index contributed by atoms with van der Waals surface area (Å²) < 4.78 is 9.94. The van der Waals surface area contributed by atoms with Gasteiger partial charge in [0.15, 0.2) is 0 Å². The van der Waals surface area contributed by atoms with Crippen LogP contribution in [0, 0.1) is 0 Å². The number of carbonyl (C=O) groups is 2. The minimum absolute atomic E-state index is 0.130. The van der Waals surface area contributed by atoms with Gasteiger partial charge in [-0.15, -0.1) is 0 Å². The van der Waals surface area contributed by atoms with E-state index in [4.69, 9.17) is 9.47 Å². The van der Waals surface area contributed by atoms with Gasteiger partial charge in [-0.1, -0.05) is 0 Å². The molecule has 0 spiro atoms. The molecule has 138 valence electrons. The van der Waals surface area contributed by atoms with Gasteiger partial charge in [0.05, 0.1) is 12.2 Å². The molecule has 1 fully saturated rings. The molecule has 2 rings (SSSR count). The highest BCUT2D eigenvalue weighted by atomic mass is 16.6. The van der Waals surface area contributed by atoms with Crippen LogP contribution in [0.25, 0.3) is 0 Å². The molecule has 1 aliphatic heterocycles. The summed E-state index contributed by atoms with van der Waals surface area (Å²) >= 11 is 0. The first-order chi connectivity index (χ1) is 12.2. The average Bonchev–Trinajstić information content (AvgIpc) is 2.65. The lowest BCUT2D eigenvalue weighted by Crippen LogP contribution is -2.50. The molecule has 0 atom stereocenters. The van der Waals surface area contributed by atoms with Gasteiger partial charge in [0.2, 0.25) is 5.95 Å². The highest BCUT2D eigenvalue weighted by Crippen LogP contribution is 2.09. The molecule has 0 saturated carbocycles. The van der Waals surface area contributed by atoms with Gasteiger partial charge in [0.1, 0.15) is 0 Å². The molecule has 0 radical (unpaired) electrons.